The van der Waals surface area contributed by atoms with Gasteiger partial charge in [0, 0.05) is 0 Å². The Kier molecular flexibility index (Phi) is 24.7. The minimum absolute atomic E-state index is 0. The van der Waals surface area contributed by atoms with Gasteiger partial charge in [-0.1, -0.05) is 0 Å². The molecule has 1 radical (unpaired) electrons. The smallest absolute Gasteiger partial charge is 0.549 e. The number of carbonyl (C=O) groups excluding carboxylic acids is 3. The predicted molar refractivity (Wildman–Crippen MR) is 46.2 cm³/mol. The molecule has 0 heterocycles. The summed E-state index contributed by atoms with van der Waals surface area (Å²) in [6, 6.07) is 0. The zero-order chi connectivity index (χ0) is 12.3. The summed E-state index contributed by atoms with van der Waals surface area (Å²) in [7, 11) is 0. The Labute approximate surface area is 100 Å². The van der Waals surface area contributed by atoms with Gasteiger partial charge in [0.15, 0.2) is 0 Å². The van der Waals surface area contributed by atoms with Crippen molar-refractivity contribution in [2.24, 2.45) is 5.92 Å². The topological polar surface area (TPSA) is 97.3 Å². The van der Waals surface area contributed by atoms with Crippen LogP contribution in [0.5, 0.6) is 0 Å². The van der Waals surface area contributed by atoms with Gasteiger partial charge in [-0.3, -0.25) is 4.79 Å². The Hall–Kier alpha value is -0.884. The first-order chi connectivity index (χ1) is 6.46. The number of ketones is 1. The van der Waals surface area contributed by atoms with E-state index in [0.717, 1.165) is 6.92 Å². The molecule has 5 nitrogen and oxygen atoms in total. The standard InChI is InChI=1S/C5H6O5.2C2H5.Co/c1-2(6)3(4(7)8)5(9)10;2*1-2;/h3H,1H3,(H,7,8)(H,9,10);2*1H2,2H3;/q;2*-1;+2/p-2. The molecule has 0 aromatic rings. The van der Waals surface area contributed by atoms with Crippen LogP contribution >= 0.6 is 0 Å². The minimum Gasteiger partial charge on any atom is -0.549 e. The van der Waals surface area contributed by atoms with E-state index in [1.165, 1.54) is 0 Å². The monoisotopic (exact) mass is 261 g/mol. The van der Waals surface area contributed by atoms with Gasteiger partial charge in [0.1, 0.15) is 5.78 Å². The average molecular weight is 261 g/mol. The summed E-state index contributed by atoms with van der Waals surface area (Å²) in [5.41, 5.74) is 0. The van der Waals surface area contributed by atoms with Crippen LogP contribution in [0, 0.1) is 19.8 Å². The molecule has 0 atom stereocenters. The predicted octanol–water partition coefficient (Wildman–Crippen LogP) is -1.63. The summed E-state index contributed by atoms with van der Waals surface area (Å²) < 4.78 is 0. The molecule has 0 saturated heterocycles. The maximum absolute atomic E-state index is 10.2. The van der Waals surface area contributed by atoms with Gasteiger partial charge >= 0.3 is 16.8 Å². The Morgan fingerprint density at radius 1 is 0.933 bits per heavy atom. The van der Waals surface area contributed by atoms with Crippen LogP contribution < -0.4 is 10.2 Å². The van der Waals surface area contributed by atoms with Crippen molar-refractivity contribution in [3.63, 3.8) is 0 Å². The van der Waals surface area contributed by atoms with E-state index in [-0.39, 0.29) is 16.8 Å². The SMILES string of the molecule is CC(=O)C(C(=O)[O-])C(=O)[O-].[CH2-]C.[CH2-]C.[Co+2]. The molecule has 0 amide bonds. The Morgan fingerprint density at radius 3 is 1.13 bits per heavy atom. The van der Waals surface area contributed by atoms with Gasteiger partial charge in [-0.25, -0.2) is 0 Å². The van der Waals surface area contributed by atoms with Crippen molar-refractivity contribution in [1.82, 2.24) is 0 Å². The molecule has 0 N–H and O–H groups in total. The van der Waals surface area contributed by atoms with Crippen molar-refractivity contribution >= 4 is 17.7 Å². The molecule has 15 heavy (non-hydrogen) atoms. The van der Waals surface area contributed by atoms with E-state index in [2.05, 4.69) is 13.8 Å². The normalized spacial score (nSPS) is 7.07. The molecular weight excluding hydrogens is 247 g/mol. The Morgan fingerprint density at radius 2 is 1.13 bits per heavy atom. The second-order valence-electron chi connectivity index (χ2n) is 1.68. The molecule has 0 unspecified atom stereocenters. The first-order valence-corrected chi connectivity index (χ1v) is 3.80. The summed E-state index contributed by atoms with van der Waals surface area (Å²) in [6.45, 7) is 10.8. The van der Waals surface area contributed by atoms with E-state index in [4.69, 9.17) is 0 Å². The van der Waals surface area contributed by atoms with Gasteiger partial charge in [0.05, 0.1) is 17.9 Å². The van der Waals surface area contributed by atoms with Gasteiger partial charge in [-0.2, -0.15) is 13.8 Å². The van der Waals surface area contributed by atoms with Crippen LogP contribution in [-0.2, 0) is 31.2 Å². The molecule has 0 aliphatic rings. The van der Waals surface area contributed by atoms with Gasteiger partial charge < -0.3 is 33.6 Å². The molecule has 0 fully saturated rings. The second kappa shape index (κ2) is 15.6. The van der Waals surface area contributed by atoms with E-state index in [9.17, 15) is 24.6 Å². The molecule has 91 valence electrons. The van der Waals surface area contributed by atoms with Gasteiger partial charge in [-0.15, -0.1) is 0 Å². The van der Waals surface area contributed by atoms with Crippen LogP contribution in [0.15, 0.2) is 0 Å². The van der Waals surface area contributed by atoms with E-state index in [1.807, 2.05) is 0 Å². The molecule has 0 aliphatic carbocycles. The van der Waals surface area contributed by atoms with Crippen molar-refractivity contribution in [3.05, 3.63) is 13.8 Å². The number of aliphatic carboxylic acids is 2. The van der Waals surface area contributed by atoms with Crippen molar-refractivity contribution in [1.29, 1.82) is 0 Å². The fourth-order valence-electron chi connectivity index (χ4n) is 0.428. The molecule has 0 saturated carbocycles. The second-order valence-corrected chi connectivity index (χ2v) is 1.68. The molecule has 0 spiro atoms. The fraction of sp³-hybridized carbons (Fsp3) is 0.444. The summed E-state index contributed by atoms with van der Waals surface area (Å²) in [4.78, 5) is 29.8. The first-order valence-electron chi connectivity index (χ1n) is 3.80. The third kappa shape index (κ3) is 13.1. The van der Waals surface area contributed by atoms with E-state index in [0.29, 0.717) is 0 Å². The van der Waals surface area contributed by atoms with Crippen LogP contribution in [-0.4, -0.2) is 17.7 Å². The minimum atomic E-state index is -2.14. The van der Waals surface area contributed by atoms with Crippen molar-refractivity contribution < 1.29 is 41.4 Å². The molecule has 6 heteroatoms. The van der Waals surface area contributed by atoms with Crippen LogP contribution in [0.2, 0.25) is 0 Å². The van der Waals surface area contributed by atoms with Crippen molar-refractivity contribution in [3.8, 4) is 0 Å². The maximum atomic E-state index is 10.2. The van der Waals surface area contributed by atoms with E-state index in [1.54, 1.807) is 13.8 Å². The number of carboxylic acids is 2. The number of carbonyl (C=O) groups is 3. The third-order valence-corrected chi connectivity index (χ3v) is 0.878. The number of Topliss-reactive ketones (excluding diaryl/α,β-unsaturated/α-hetero) is 1. The number of hydrogen-bond donors (Lipinski definition) is 0. The largest absolute Gasteiger partial charge is 2.00 e. The quantitative estimate of drug-likeness (QED) is 0.448. The van der Waals surface area contributed by atoms with Crippen LogP contribution in [0.3, 0.4) is 0 Å². The van der Waals surface area contributed by atoms with Gasteiger partial charge in [-0.05, 0) is 6.92 Å². The molecule has 0 aliphatic heterocycles. The average Bonchev–Trinajstić information content (AvgIpc) is 2.09. The van der Waals surface area contributed by atoms with Crippen LogP contribution in [0.25, 0.3) is 0 Å². The fourth-order valence-corrected chi connectivity index (χ4v) is 0.428. The van der Waals surface area contributed by atoms with Crippen molar-refractivity contribution in [2.45, 2.75) is 20.8 Å². The van der Waals surface area contributed by atoms with Crippen LogP contribution in [0.4, 0.5) is 0 Å². The number of rotatable bonds is 3. The van der Waals surface area contributed by atoms with E-state index >= 15 is 0 Å². The van der Waals surface area contributed by atoms with Crippen LogP contribution in [0.1, 0.15) is 20.8 Å². The molecule has 0 aromatic carbocycles. The first kappa shape index (κ1) is 23.7. The summed E-state index contributed by atoms with van der Waals surface area (Å²) in [5, 5.41) is 19.7. The van der Waals surface area contributed by atoms with E-state index < -0.39 is 23.6 Å². The molecule has 0 rings (SSSR count). The Bertz CT molecular complexity index is 158. The van der Waals surface area contributed by atoms with Gasteiger partial charge in [0.25, 0.3) is 0 Å². The molecular formula is C9H14CoO5-2. The summed E-state index contributed by atoms with van der Waals surface area (Å²) >= 11 is 0. The summed E-state index contributed by atoms with van der Waals surface area (Å²) in [5.74, 6) is -7.01. The number of hydrogen-bond acceptors (Lipinski definition) is 5. The third-order valence-electron chi connectivity index (χ3n) is 0.878. The zero-order valence-corrected chi connectivity index (χ0v) is 9.91. The van der Waals surface area contributed by atoms with Gasteiger partial charge in [0.2, 0.25) is 0 Å². The number of carboxylic acid groups (broad SMARTS) is 2. The zero-order valence-electron chi connectivity index (χ0n) is 8.87. The molecule has 0 aromatic heterocycles. The van der Waals surface area contributed by atoms with Crippen molar-refractivity contribution in [2.75, 3.05) is 0 Å². The summed E-state index contributed by atoms with van der Waals surface area (Å²) in [6.07, 6.45) is 0. The maximum Gasteiger partial charge on any atom is 2.00 e. The molecule has 0 bridgehead atoms. The Balaban J connectivity index is -0.000000107.